The maximum Gasteiger partial charge on any atom is 0.322 e. The summed E-state index contributed by atoms with van der Waals surface area (Å²) in [6, 6.07) is 13.1. The zero-order chi connectivity index (χ0) is 17.4. The van der Waals surface area contributed by atoms with Gasteiger partial charge >= 0.3 is 6.03 Å². The number of likely N-dealkylation sites (N-methyl/N-ethyl adjacent to an activating group) is 1. The van der Waals surface area contributed by atoms with Crippen LogP contribution in [0.15, 0.2) is 53.6 Å². The maximum absolute atomic E-state index is 12.5. The van der Waals surface area contributed by atoms with Crippen LogP contribution < -0.4 is 5.32 Å². The molecular formula is C18H23N3O2S. The summed E-state index contributed by atoms with van der Waals surface area (Å²) in [5, 5.41) is 2.91. The number of nitrogens with one attached hydrogen (secondary N) is 1. The Labute approximate surface area is 147 Å². The fraction of sp³-hybridized carbons (Fsp3) is 0.333. The summed E-state index contributed by atoms with van der Waals surface area (Å²) in [5.74, 6) is 1.03. The van der Waals surface area contributed by atoms with Crippen molar-refractivity contribution in [2.75, 3.05) is 31.8 Å². The molecule has 0 aliphatic carbocycles. The first-order valence-electron chi connectivity index (χ1n) is 7.82. The van der Waals surface area contributed by atoms with E-state index in [1.807, 2.05) is 42.5 Å². The molecular weight excluding hydrogens is 322 g/mol. The molecule has 6 heteroatoms. The Kier molecular flexibility index (Phi) is 7.08. The highest BCUT2D eigenvalue weighted by Gasteiger charge is 2.22. The summed E-state index contributed by atoms with van der Waals surface area (Å²) in [6.07, 6.45) is 1.72. The van der Waals surface area contributed by atoms with E-state index >= 15 is 0 Å². The van der Waals surface area contributed by atoms with Gasteiger partial charge in [-0.25, -0.2) is 4.79 Å². The second-order valence-corrected chi connectivity index (χ2v) is 6.56. The normalized spacial score (nSPS) is 11.8. The molecule has 5 nitrogen and oxygen atoms in total. The van der Waals surface area contributed by atoms with Crippen LogP contribution in [0.4, 0.5) is 10.5 Å². The molecule has 1 atom stereocenters. The molecule has 24 heavy (non-hydrogen) atoms. The number of hydrogen-bond donors (Lipinski definition) is 1. The number of thioether (sulfide) groups is 1. The lowest BCUT2D eigenvalue weighted by atomic mass is 10.2. The predicted octanol–water partition coefficient (Wildman–Crippen LogP) is 4.05. The van der Waals surface area contributed by atoms with Gasteiger partial charge in [0.25, 0.3) is 0 Å². The molecule has 1 aromatic heterocycles. The fourth-order valence-corrected chi connectivity index (χ4v) is 2.94. The molecule has 0 saturated carbocycles. The van der Waals surface area contributed by atoms with Crippen LogP contribution in [0.1, 0.15) is 18.7 Å². The van der Waals surface area contributed by atoms with Crippen molar-refractivity contribution < 1.29 is 9.53 Å². The average molecular weight is 345 g/mol. The van der Waals surface area contributed by atoms with Crippen LogP contribution in [0.25, 0.3) is 0 Å². The summed E-state index contributed by atoms with van der Waals surface area (Å²) in [5.41, 5.74) is 1.57. The molecule has 0 aliphatic rings. The third kappa shape index (κ3) is 4.97. The Bertz CT molecular complexity index is 634. The highest BCUT2D eigenvalue weighted by Crippen LogP contribution is 2.22. The second-order valence-electron chi connectivity index (χ2n) is 5.22. The van der Waals surface area contributed by atoms with Crippen LogP contribution >= 0.6 is 11.8 Å². The van der Waals surface area contributed by atoms with Crippen molar-refractivity contribution in [1.29, 1.82) is 0 Å². The van der Waals surface area contributed by atoms with Crippen LogP contribution in [-0.4, -0.2) is 42.4 Å². The van der Waals surface area contributed by atoms with Gasteiger partial charge in [0.05, 0.1) is 18.3 Å². The number of pyridine rings is 1. The van der Waals surface area contributed by atoms with Gasteiger partial charge in [-0.15, -0.1) is 11.8 Å². The van der Waals surface area contributed by atoms with E-state index in [2.05, 4.69) is 17.2 Å². The number of aromatic nitrogens is 1. The van der Waals surface area contributed by atoms with E-state index < -0.39 is 0 Å². The first-order valence-corrected chi connectivity index (χ1v) is 8.80. The van der Waals surface area contributed by atoms with Gasteiger partial charge in [0.15, 0.2) is 0 Å². The van der Waals surface area contributed by atoms with Crippen molar-refractivity contribution in [1.82, 2.24) is 9.88 Å². The molecule has 2 aromatic rings. The number of nitrogens with zero attached hydrogens (tertiary/aromatic N) is 2. The molecule has 0 radical (unpaired) electrons. The van der Waals surface area contributed by atoms with Gasteiger partial charge < -0.3 is 15.0 Å². The minimum absolute atomic E-state index is 0.196. The van der Waals surface area contributed by atoms with Crippen molar-refractivity contribution in [3.8, 4) is 0 Å². The third-order valence-corrected chi connectivity index (χ3v) is 4.45. The summed E-state index contributed by atoms with van der Waals surface area (Å²) in [4.78, 5) is 19.7. The number of urea groups is 1. The minimum Gasteiger partial charge on any atom is -0.382 e. The number of amides is 2. The number of ether oxygens (including phenoxy) is 1. The highest BCUT2D eigenvalue weighted by molar-refractivity contribution is 7.99. The molecule has 2 rings (SSSR count). The van der Waals surface area contributed by atoms with Crippen molar-refractivity contribution in [3.63, 3.8) is 0 Å². The van der Waals surface area contributed by atoms with E-state index in [1.54, 1.807) is 37.0 Å². The highest BCUT2D eigenvalue weighted by atomic mass is 32.2. The van der Waals surface area contributed by atoms with E-state index in [0.29, 0.717) is 6.61 Å². The number of benzene rings is 1. The molecule has 0 fully saturated rings. The lowest BCUT2D eigenvalue weighted by Crippen LogP contribution is -2.37. The fourth-order valence-electron chi connectivity index (χ4n) is 2.28. The van der Waals surface area contributed by atoms with Gasteiger partial charge in [-0.05, 0) is 42.2 Å². The topological polar surface area (TPSA) is 54.5 Å². The van der Waals surface area contributed by atoms with Crippen LogP contribution in [0, 0.1) is 0 Å². The SMILES string of the molecule is CCSc1ccc(NC(=O)N(C)[C@H](COC)c2ccccn2)cc1. The Hall–Kier alpha value is -2.05. The zero-order valence-electron chi connectivity index (χ0n) is 14.2. The smallest absolute Gasteiger partial charge is 0.322 e. The number of hydrogen-bond acceptors (Lipinski definition) is 4. The monoisotopic (exact) mass is 345 g/mol. The van der Waals surface area contributed by atoms with Crippen molar-refractivity contribution in [3.05, 3.63) is 54.4 Å². The summed E-state index contributed by atoms with van der Waals surface area (Å²) in [7, 11) is 3.36. The summed E-state index contributed by atoms with van der Waals surface area (Å²) >= 11 is 1.77. The molecule has 2 amide bonds. The van der Waals surface area contributed by atoms with Gasteiger partial charge in [-0.2, -0.15) is 0 Å². The minimum atomic E-state index is -0.244. The van der Waals surface area contributed by atoms with Gasteiger partial charge in [0, 0.05) is 30.9 Å². The number of rotatable bonds is 7. The van der Waals surface area contributed by atoms with E-state index in [1.165, 1.54) is 4.90 Å². The van der Waals surface area contributed by atoms with E-state index in [4.69, 9.17) is 4.74 Å². The van der Waals surface area contributed by atoms with E-state index in [9.17, 15) is 4.79 Å². The van der Waals surface area contributed by atoms with Crippen molar-refractivity contribution in [2.24, 2.45) is 0 Å². The Morgan fingerprint density at radius 2 is 2.04 bits per heavy atom. The summed E-state index contributed by atoms with van der Waals surface area (Å²) in [6.45, 7) is 2.50. The standard InChI is InChI=1S/C18H23N3O2S/c1-4-24-15-10-8-14(9-11-15)20-18(22)21(2)17(13-23-3)16-7-5-6-12-19-16/h5-12,17H,4,13H2,1-3H3,(H,20,22)/t17-/m1/s1. The largest absolute Gasteiger partial charge is 0.382 e. The molecule has 0 spiro atoms. The van der Waals surface area contributed by atoms with Gasteiger partial charge in [0.1, 0.15) is 0 Å². The number of carbonyl (C=O) groups is 1. The number of carbonyl (C=O) groups excluding carboxylic acids is 1. The molecule has 0 aliphatic heterocycles. The molecule has 0 bridgehead atoms. The number of methoxy groups -OCH3 is 1. The van der Waals surface area contributed by atoms with Gasteiger partial charge in [-0.1, -0.05) is 13.0 Å². The molecule has 1 heterocycles. The first kappa shape index (κ1) is 18.3. The molecule has 0 unspecified atom stereocenters. The van der Waals surface area contributed by atoms with Crippen molar-refractivity contribution in [2.45, 2.75) is 17.9 Å². The zero-order valence-corrected chi connectivity index (χ0v) is 15.0. The molecule has 1 N–H and O–H groups in total. The molecule has 128 valence electrons. The second kappa shape index (κ2) is 9.30. The maximum atomic E-state index is 12.5. The van der Waals surface area contributed by atoms with E-state index in [0.717, 1.165) is 17.1 Å². The van der Waals surface area contributed by atoms with Crippen LogP contribution in [0.2, 0.25) is 0 Å². The quantitative estimate of drug-likeness (QED) is 0.769. The summed E-state index contributed by atoms with van der Waals surface area (Å²) < 4.78 is 5.26. The third-order valence-electron chi connectivity index (χ3n) is 3.56. The van der Waals surface area contributed by atoms with Crippen LogP contribution in [-0.2, 0) is 4.74 Å². The number of anilines is 1. The lowest BCUT2D eigenvalue weighted by Gasteiger charge is -2.27. The molecule has 0 saturated heterocycles. The van der Waals surface area contributed by atoms with Crippen molar-refractivity contribution >= 4 is 23.5 Å². The van der Waals surface area contributed by atoms with Gasteiger partial charge in [0.2, 0.25) is 0 Å². The van der Waals surface area contributed by atoms with Gasteiger partial charge in [-0.3, -0.25) is 4.98 Å². The van der Waals surface area contributed by atoms with E-state index in [-0.39, 0.29) is 12.1 Å². The Morgan fingerprint density at radius 3 is 2.62 bits per heavy atom. The first-order chi connectivity index (χ1) is 11.7. The predicted molar refractivity (Wildman–Crippen MR) is 98.5 cm³/mol. The Balaban J connectivity index is 2.06. The molecule has 1 aromatic carbocycles. The Morgan fingerprint density at radius 1 is 1.29 bits per heavy atom. The van der Waals surface area contributed by atoms with Crippen LogP contribution in [0.5, 0.6) is 0 Å². The lowest BCUT2D eigenvalue weighted by molar-refractivity contribution is 0.119. The average Bonchev–Trinajstić information content (AvgIpc) is 2.61. The van der Waals surface area contributed by atoms with Crippen LogP contribution in [0.3, 0.4) is 0 Å².